The summed E-state index contributed by atoms with van der Waals surface area (Å²) in [6, 6.07) is 0. The SMILES string of the molecule is CN(CCCC(=O)O)C(=O)C1CC12CCOCC2. The molecule has 0 aromatic rings. The molecule has 0 aromatic heterocycles. The quantitative estimate of drug-likeness (QED) is 0.799. The topological polar surface area (TPSA) is 66.8 Å². The van der Waals surface area contributed by atoms with Gasteiger partial charge in [0.05, 0.1) is 0 Å². The molecule has 1 N–H and O–H groups in total. The van der Waals surface area contributed by atoms with Gasteiger partial charge < -0.3 is 14.7 Å². The second-order valence-electron chi connectivity index (χ2n) is 5.49. The van der Waals surface area contributed by atoms with Gasteiger partial charge in [-0.25, -0.2) is 0 Å². The number of ether oxygens (including phenoxy) is 1. The molecule has 1 amide bonds. The first-order valence-corrected chi connectivity index (χ1v) is 6.60. The van der Waals surface area contributed by atoms with Gasteiger partial charge in [-0.3, -0.25) is 9.59 Å². The van der Waals surface area contributed by atoms with Crippen LogP contribution in [-0.2, 0) is 14.3 Å². The highest BCUT2D eigenvalue weighted by molar-refractivity contribution is 5.82. The van der Waals surface area contributed by atoms with Crippen LogP contribution in [0.15, 0.2) is 0 Å². The molecule has 1 spiro atoms. The van der Waals surface area contributed by atoms with Crippen LogP contribution in [0.5, 0.6) is 0 Å². The van der Waals surface area contributed by atoms with E-state index in [1.807, 2.05) is 0 Å². The van der Waals surface area contributed by atoms with Crippen LogP contribution in [-0.4, -0.2) is 48.7 Å². The Morgan fingerprint density at radius 1 is 1.39 bits per heavy atom. The van der Waals surface area contributed by atoms with E-state index in [9.17, 15) is 9.59 Å². The first-order valence-electron chi connectivity index (χ1n) is 6.60. The summed E-state index contributed by atoms with van der Waals surface area (Å²) >= 11 is 0. The summed E-state index contributed by atoms with van der Waals surface area (Å²) in [5.74, 6) is -0.471. The van der Waals surface area contributed by atoms with Crippen molar-refractivity contribution in [2.24, 2.45) is 11.3 Å². The molecule has 2 rings (SSSR count). The van der Waals surface area contributed by atoms with Gasteiger partial charge in [0.15, 0.2) is 0 Å². The molecule has 1 heterocycles. The van der Waals surface area contributed by atoms with Gasteiger partial charge in [0.2, 0.25) is 5.91 Å². The maximum Gasteiger partial charge on any atom is 0.303 e. The molecular formula is C13H21NO4. The van der Waals surface area contributed by atoms with Crippen molar-refractivity contribution in [1.82, 2.24) is 4.90 Å². The Kier molecular flexibility index (Phi) is 3.90. The van der Waals surface area contributed by atoms with Gasteiger partial charge in [-0.05, 0) is 31.1 Å². The smallest absolute Gasteiger partial charge is 0.303 e. The number of rotatable bonds is 5. The minimum Gasteiger partial charge on any atom is -0.481 e. The molecule has 1 unspecified atom stereocenters. The minimum atomic E-state index is -0.803. The van der Waals surface area contributed by atoms with E-state index in [0.717, 1.165) is 32.5 Å². The second kappa shape index (κ2) is 5.26. The predicted octanol–water partition coefficient (Wildman–Crippen LogP) is 1.13. The largest absolute Gasteiger partial charge is 0.481 e. The van der Waals surface area contributed by atoms with Crippen LogP contribution in [0.3, 0.4) is 0 Å². The maximum absolute atomic E-state index is 12.2. The number of carbonyl (C=O) groups excluding carboxylic acids is 1. The zero-order valence-electron chi connectivity index (χ0n) is 10.9. The van der Waals surface area contributed by atoms with Gasteiger partial charge in [-0.2, -0.15) is 0 Å². The van der Waals surface area contributed by atoms with E-state index in [4.69, 9.17) is 9.84 Å². The maximum atomic E-state index is 12.2. The summed E-state index contributed by atoms with van der Waals surface area (Å²) in [5, 5.41) is 8.57. The summed E-state index contributed by atoms with van der Waals surface area (Å²) < 4.78 is 5.33. The molecule has 1 atom stereocenters. The number of carbonyl (C=O) groups is 2. The molecule has 0 aromatic carbocycles. The number of carboxylic acid groups (broad SMARTS) is 1. The fourth-order valence-corrected chi connectivity index (χ4v) is 2.87. The Hall–Kier alpha value is -1.10. The number of aliphatic carboxylic acids is 1. The molecule has 0 radical (unpaired) electrons. The van der Waals surface area contributed by atoms with E-state index in [1.54, 1.807) is 11.9 Å². The molecular weight excluding hydrogens is 234 g/mol. The van der Waals surface area contributed by atoms with Gasteiger partial charge in [0.1, 0.15) is 0 Å². The number of nitrogens with zero attached hydrogens (tertiary/aromatic N) is 1. The van der Waals surface area contributed by atoms with Crippen LogP contribution < -0.4 is 0 Å². The summed E-state index contributed by atoms with van der Waals surface area (Å²) in [4.78, 5) is 24.3. The summed E-state index contributed by atoms with van der Waals surface area (Å²) in [6.07, 6.45) is 3.62. The van der Waals surface area contributed by atoms with Gasteiger partial charge in [0.25, 0.3) is 0 Å². The normalized spacial score (nSPS) is 24.8. The number of hydrogen-bond acceptors (Lipinski definition) is 3. The van der Waals surface area contributed by atoms with Gasteiger partial charge >= 0.3 is 5.97 Å². The Morgan fingerprint density at radius 2 is 2.06 bits per heavy atom. The van der Waals surface area contributed by atoms with E-state index in [1.165, 1.54) is 0 Å². The molecule has 2 fully saturated rings. The number of amides is 1. The molecule has 1 aliphatic carbocycles. The summed E-state index contributed by atoms with van der Waals surface area (Å²) in [7, 11) is 1.77. The first kappa shape index (κ1) is 13.3. The minimum absolute atomic E-state index is 0.126. The lowest BCUT2D eigenvalue weighted by Crippen LogP contribution is -2.32. The molecule has 1 aliphatic heterocycles. The van der Waals surface area contributed by atoms with Crippen molar-refractivity contribution in [1.29, 1.82) is 0 Å². The molecule has 0 bridgehead atoms. The Morgan fingerprint density at radius 3 is 2.67 bits per heavy atom. The van der Waals surface area contributed by atoms with Crippen LogP contribution in [0.25, 0.3) is 0 Å². The standard InChI is InChI=1S/C13H21NO4/c1-14(6-2-3-11(15)16)12(17)10-9-13(10)4-7-18-8-5-13/h10H,2-9H2,1H3,(H,15,16). The lowest BCUT2D eigenvalue weighted by atomic mass is 9.93. The molecule has 102 valence electrons. The van der Waals surface area contributed by atoms with Gasteiger partial charge in [-0.15, -0.1) is 0 Å². The van der Waals surface area contributed by atoms with Crippen LogP contribution in [0.4, 0.5) is 0 Å². The van der Waals surface area contributed by atoms with Crippen LogP contribution in [0, 0.1) is 11.3 Å². The van der Waals surface area contributed by atoms with Crippen molar-refractivity contribution >= 4 is 11.9 Å². The van der Waals surface area contributed by atoms with Crippen LogP contribution >= 0.6 is 0 Å². The molecule has 5 nitrogen and oxygen atoms in total. The summed E-state index contributed by atoms with van der Waals surface area (Å²) in [6.45, 7) is 2.08. The van der Waals surface area contributed by atoms with Crippen LogP contribution in [0.1, 0.15) is 32.1 Å². The fourth-order valence-electron chi connectivity index (χ4n) is 2.87. The Balaban J connectivity index is 1.76. The average molecular weight is 255 g/mol. The highest BCUT2D eigenvalue weighted by Crippen LogP contribution is 2.59. The van der Waals surface area contributed by atoms with E-state index in [-0.39, 0.29) is 23.7 Å². The number of hydrogen-bond donors (Lipinski definition) is 1. The zero-order valence-corrected chi connectivity index (χ0v) is 10.9. The van der Waals surface area contributed by atoms with Crippen molar-refractivity contribution in [2.45, 2.75) is 32.1 Å². The van der Waals surface area contributed by atoms with Crippen LogP contribution in [0.2, 0.25) is 0 Å². The predicted molar refractivity (Wildman–Crippen MR) is 65.1 cm³/mol. The van der Waals surface area contributed by atoms with Gasteiger partial charge in [0, 0.05) is 39.1 Å². The molecule has 18 heavy (non-hydrogen) atoms. The third-order valence-corrected chi connectivity index (χ3v) is 4.24. The Labute approximate surface area is 107 Å². The second-order valence-corrected chi connectivity index (χ2v) is 5.49. The molecule has 2 aliphatic rings. The molecule has 5 heteroatoms. The van der Waals surface area contributed by atoms with Gasteiger partial charge in [-0.1, -0.05) is 0 Å². The Bertz CT molecular complexity index is 336. The van der Waals surface area contributed by atoms with E-state index in [2.05, 4.69) is 0 Å². The fraction of sp³-hybridized carbons (Fsp3) is 0.846. The van der Waals surface area contributed by atoms with E-state index < -0.39 is 5.97 Å². The highest BCUT2D eigenvalue weighted by Gasteiger charge is 2.58. The van der Waals surface area contributed by atoms with Crippen molar-refractivity contribution in [2.75, 3.05) is 26.8 Å². The number of carboxylic acids is 1. The lowest BCUT2D eigenvalue weighted by Gasteiger charge is -2.24. The highest BCUT2D eigenvalue weighted by atomic mass is 16.5. The van der Waals surface area contributed by atoms with Crippen molar-refractivity contribution in [3.63, 3.8) is 0 Å². The first-order chi connectivity index (χ1) is 8.55. The van der Waals surface area contributed by atoms with Crippen molar-refractivity contribution < 1.29 is 19.4 Å². The third kappa shape index (κ3) is 2.83. The third-order valence-electron chi connectivity index (χ3n) is 4.24. The molecule has 1 saturated heterocycles. The van der Waals surface area contributed by atoms with Crippen molar-refractivity contribution in [3.8, 4) is 0 Å². The lowest BCUT2D eigenvalue weighted by molar-refractivity contribution is -0.138. The van der Waals surface area contributed by atoms with E-state index >= 15 is 0 Å². The summed E-state index contributed by atoms with van der Waals surface area (Å²) in [5.41, 5.74) is 0.205. The average Bonchev–Trinajstić information content (AvgIpc) is 3.02. The van der Waals surface area contributed by atoms with E-state index in [0.29, 0.717) is 13.0 Å². The molecule has 1 saturated carbocycles. The van der Waals surface area contributed by atoms with Crippen molar-refractivity contribution in [3.05, 3.63) is 0 Å². The zero-order chi connectivity index (χ0) is 13.2. The monoisotopic (exact) mass is 255 g/mol.